The van der Waals surface area contributed by atoms with Crippen molar-refractivity contribution in [2.24, 2.45) is 0 Å². The highest BCUT2D eigenvalue weighted by molar-refractivity contribution is 7.92. The van der Waals surface area contributed by atoms with Crippen molar-refractivity contribution in [1.82, 2.24) is 9.21 Å². The molecule has 0 spiro atoms. The molecule has 0 radical (unpaired) electrons. The van der Waals surface area contributed by atoms with E-state index < -0.39 is 49.9 Å². The summed E-state index contributed by atoms with van der Waals surface area (Å²) in [4.78, 5) is 14.3. The van der Waals surface area contributed by atoms with E-state index in [1.807, 2.05) is 6.92 Å². The van der Waals surface area contributed by atoms with Crippen molar-refractivity contribution >= 4 is 43.2 Å². The van der Waals surface area contributed by atoms with Gasteiger partial charge in [-0.3, -0.25) is 9.10 Å². The van der Waals surface area contributed by atoms with Crippen LogP contribution in [0.3, 0.4) is 0 Å². The van der Waals surface area contributed by atoms with Crippen molar-refractivity contribution in [3.8, 4) is 0 Å². The molecule has 1 saturated heterocycles. The summed E-state index contributed by atoms with van der Waals surface area (Å²) in [6.45, 7) is 0.962. The summed E-state index contributed by atoms with van der Waals surface area (Å²) < 4.78 is 91.6. The van der Waals surface area contributed by atoms with Gasteiger partial charge >= 0.3 is 6.18 Å². The highest BCUT2D eigenvalue weighted by atomic mass is 35.5. The van der Waals surface area contributed by atoms with E-state index in [4.69, 9.17) is 11.6 Å². The fraction of sp³-hybridized carbons (Fsp3) is 0.381. The Hall–Kier alpha value is -2.35. The zero-order chi connectivity index (χ0) is 26.2. The number of halogens is 4. The molecule has 1 aliphatic heterocycles. The monoisotopic (exact) mass is 553 g/mol. The molecule has 8 nitrogen and oxygen atoms in total. The molecule has 1 heterocycles. The predicted molar refractivity (Wildman–Crippen MR) is 125 cm³/mol. The lowest BCUT2D eigenvalue weighted by atomic mass is 10.2. The van der Waals surface area contributed by atoms with Gasteiger partial charge in [0.2, 0.25) is 26.0 Å². The molecule has 1 fully saturated rings. The van der Waals surface area contributed by atoms with Gasteiger partial charge in [-0.15, -0.1) is 0 Å². The summed E-state index contributed by atoms with van der Waals surface area (Å²) in [5.74, 6) is -0.698. The molecule has 192 valence electrons. The first-order chi connectivity index (χ1) is 16.1. The summed E-state index contributed by atoms with van der Waals surface area (Å²) in [6, 6.07) is 8.52. The molecule has 0 saturated carbocycles. The summed E-state index contributed by atoms with van der Waals surface area (Å²) in [5, 5.41) is -0.273. The highest BCUT2D eigenvalue weighted by Crippen LogP contribution is 2.36. The SMILES string of the molecule is Cc1ccc(S(=O)(=O)N2CCN(C(=O)CN(c3cc(C(F)(F)F)ccc3Cl)S(C)(=O)=O)CC2)cc1. The molecule has 0 atom stereocenters. The molecular formula is C21H23ClF3N3O5S2. The van der Waals surface area contributed by atoms with E-state index in [1.54, 1.807) is 12.1 Å². The lowest BCUT2D eigenvalue weighted by Gasteiger charge is -2.35. The Labute approximate surface area is 207 Å². The lowest BCUT2D eigenvalue weighted by Crippen LogP contribution is -2.53. The molecule has 0 bridgehead atoms. The molecule has 0 unspecified atom stereocenters. The van der Waals surface area contributed by atoms with Crippen LogP contribution in [0.4, 0.5) is 18.9 Å². The number of rotatable bonds is 6. The van der Waals surface area contributed by atoms with Crippen molar-refractivity contribution in [2.75, 3.05) is 43.3 Å². The Kier molecular flexibility index (Phi) is 7.75. The van der Waals surface area contributed by atoms with Gasteiger partial charge < -0.3 is 4.90 Å². The van der Waals surface area contributed by atoms with E-state index in [0.29, 0.717) is 16.4 Å². The fourth-order valence-electron chi connectivity index (χ4n) is 3.52. The molecular weight excluding hydrogens is 531 g/mol. The summed E-state index contributed by atoms with van der Waals surface area (Å²) >= 11 is 5.98. The van der Waals surface area contributed by atoms with Gasteiger partial charge in [-0.2, -0.15) is 17.5 Å². The number of carbonyl (C=O) groups is 1. The Bertz CT molecular complexity index is 1310. The van der Waals surface area contributed by atoms with Crippen LogP contribution < -0.4 is 4.31 Å². The third-order valence-corrected chi connectivity index (χ3v) is 8.83. The lowest BCUT2D eigenvalue weighted by molar-refractivity contribution is -0.137. The minimum Gasteiger partial charge on any atom is -0.338 e. The minimum atomic E-state index is -4.74. The second-order valence-corrected chi connectivity index (χ2v) is 12.3. The van der Waals surface area contributed by atoms with E-state index in [1.165, 1.54) is 21.3 Å². The fourth-order valence-corrected chi connectivity index (χ4v) is 6.07. The maximum Gasteiger partial charge on any atom is 0.416 e. The number of piperazine rings is 1. The van der Waals surface area contributed by atoms with Crippen molar-refractivity contribution in [3.05, 3.63) is 58.6 Å². The third kappa shape index (κ3) is 6.26. The Balaban J connectivity index is 1.76. The average molecular weight is 554 g/mol. The molecule has 1 aliphatic rings. The van der Waals surface area contributed by atoms with E-state index in [0.717, 1.165) is 17.9 Å². The van der Waals surface area contributed by atoms with Crippen molar-refractivity contribution < 1.29 is 34.8 Å². The second-order valence-electron chi connectivity index (χ2n) is 8.03. The van der Waals surface area contributed by atoms with Gasteiger partial charge in [-0.25, -0.2) is 16.8 Å². The molecule has 1 amide bonds. The van der Waals surface area contributed by atoms with Gasteiger partial charge in [0.05, 0.1) is 27.4 Å². The van der Waals surface area contributed by atoms with E-state index in [2.05, 4.69) is 0 Å². The number of benzene rings is 2. The molecule has 0 N–H and O–H groups in total. The van der Waals surface area contributed by atoms with E-state index >= 15 is 0 Å². The van der Waals surface area contributed by atoms with Gasteiger partial charge in [0.25, 0.3) is 0 Å². The second kappa shape index (κ2) is 9.96. The van der Waals surface area contributed by atoms with Crippen LogP contribution in [0.1, 0.15) is 11.1 Å². The van der Waals surface area contributed by atoms with Crippen LogP contribution in [-0.4, -0.2) is 70.9 Å². The summed E-state index contributed by atoms with van der Waals surface area (Å²) in [5.41, 5.74) is -0.693. The minimum absolute atomic E-state index is 0.0160. The number of hydrogen-bond acceptors (Lipinski definition) is 5. The molecule has 2 aromatic rings. The van der Waals surface area contributed by atoms with E-state index in [9.17, 15) is 34.8 Å². The predicted octanol–water partition coefficient (Wildman–Crippen LogP) is 2.97. The molecule has 3 rings (SSSR count). The number of hydrogen-bond donors (Lipinski definition) is 0. The van der Waals surface area contributed by atoms with Crippen LogP contribution in [0.5, 0.6) is 0 Å². The smallest absolute Gasteiger partial charge is 0.338 e. The van der Waals surface area contributed by atoms with Gasteiger partial charge in [0.1, 0.15) is 6.54 Å². The van der Waals surface area contributed by atoms with Crippen LogP contribution >= 0.6 is 11.6 Å². The number of aryl methyl sites for hydroxylation is 1. The van der Waals surface area contributed by atoms with Gasteiger partial charge in [-0.1, -0.05) is 29.3 Å². The highest BCUT2D eigenvalue weighted by Gasteiger charge is 2.35. The first kappa shape index (κ1) is 27.2. The number of alkyl halides is 3. The maximum atomic E-state index is 13.1. The molecule has 14 heteroatoms. The van der Waals surface area contributed by atoms with Crippen molar-refractivity contribution in [2.45, 2.75) is 18.0 Å². The largest absolute Gasteiger partial charge is 0.416 e. The summed E-state index contributed by atoms with van der Waals surface area (Å²) in [6.07, 6.45) is -3.99. The number of carbonyl (C=O) groups excluding carboxylic acids is 1. The van der Waals surface area contributed by atoms with E-state index in [-0.39, 0.29) is 36.1 Å². The average Bonchev–Trinajstić information content (AvgIpc) is 2.77. The molecule has 0 aromatic heterocycles. The van der Waals surface area contributed by atoms with Crippen molar-refractivity contribution in [3.63, 3.8) is 0 Å². The number of anilines is 1. The van der Waals surface area contributed by atoms with Crippen LogP contribution in [-0.2, 0) is 31.0 Å². The topological polar surface area (TPSA) is 95.1 Å². The zero-order valence-electron chi connectivity index (χ0n) is 18.8. The van der Waals surface area contributed by atoms with Gasteiger partial charge in [-0.05, 0) is 37.3 Å². The van der Waals surface area contributed by atoms with Gasteiger partial charge in [0, 0.05) is 26.2 Å². The molecule has 2 aromatic carbocycles. The first-order valence-electron chi connectivity index (χ1n) is 10.3. The Morgan fingerprint density at radius 1 is 1.00 bits per heavy atom. The summed E-state index contributed by atoms with van der Waals surface area (Å²) in [7, 11) is -7.96. The Morgan fingerprint density at radius 3 is 2.09 bits per heavy atom. The van der Waals surface area contributed by atoms with Crippen LogP contribution in [0.15, 0.2) is 47.4 Å². The van der Waals surface area contributed by atoms with Crippen molar-refractivity contribution in [1.29, 1.82) is 0 Å². The number of sulfonamides is 2. The first-order valence-corrected chi connectivity index (χ1v) is 14.0. The van der Waals surface area contributed by atoms with Crippen LogP contribution in [0.25, 0.3) is 0 Å². The normalized spacial score (nSPS) is 15.8. The zero-order valence-corrected chi connectivity index (χ0v) is 21.2. The van der Waals surface area contributed by atoms with Crippen LogP contribution in [0, 0.1) is 6.92 Å². The molecule has 0 aliphatic carbocycles. The number of amides is 1. The molecule has 35 heavy (non-hydrogen) atoms. The Morgan fingerprint density at radius 2 is 1.57 bits per heavy atom. The standard InChI is InChI=1S/C21H23ClF3N3O5S2/c1-15-3-6-17(7-4-15)35(32,33)27-11-9-26(10-12-27)20(29)14-28(34(2,30)31)19-13-16(21(23,24)25)5-8-18(19)22/h3-8,13H,9-12,14H2,1-2H3. The van der Waals surface area contributed by atoms with Gasteiger partial charge in [0.15, 0.2) is 0 Å². The quantitative estimate of drug-likeness (QED) is 0.548. The number of nitrogens with zero attached hydrogens (tertiary/aromatic N) is 3. The third-order valence-electron chi connectivity index (χ3n) is 5.47. The van der Waals surface area contributed by atoms with Crippen LogP contribution in [0.2, 0.25) is 5.02 Å². The maximum absolute atomic E-state index is 13.1.